The van der Waals surface area contributed by atoms with Gasteiger partial charge in [-0.2, -0.15) is 0 Å². The van der Waals surface area contributed by atoms with Crippen molar-refractivity contribution in [1.29, 1.82) is 0 Å². The summed E-state index contributed by atoms with van der Waals surface area (Å²) in [5.74, 6) is 2.09. The maximum Gasteiger partial charge on any atom is 0.161 e. The predicted molar refractivity (Wildman–Crippen MR) is 85.5 cm³/mol. The van der Waals surface area contributed by atoms with Gasteiger partial charge >= 0.3 is 0 Å². The van der Waals surface area contributed by atoms with Crippen molar-refractivity contribution in [3.8, 4) is 11.5 Å². The van der Waals surface area contributed by atoms with E-state index >= 15 is 0 Å². The molecule has 0 saturated carbocycles. The molecule has 1 atom stereocenters. The first-order chi connectivity index (χ1) is 8.49. The average molecular weight is 353 g/mol. The van der Waals surface area contributed by atoms with E-state index in [9.17, 15) is 0 Å². The molecule has 1 rings (SSSR count). The zero-order chi connectivity index (χ0) is 13.7. The number of nitrogens with two attached hydrogens (primary N) is 1. The first kappa shape index (κ1) is 18.6. The highest BCUT2D eigenvalue weighted by molar-refractivity contribution is 9.10. The van der Waals surface area contributed by atoms with Crippen LogP contribution in [-0.2, 0) is 0 Å². The van der Waals surface area contributed by atoms with Crippen molar-refractivity contribution in [3.63, 3.8) is 0 Å². The number of benzene rings is 1. The summed E-state index contributed by atoms with van der Waals surface area (Å²) >= 11 is 3.54. The van der Waals surface area contributed by atoms with Gasteiger partial charge < -0.3 is 15.2 Å². The molecule has 0 amide bonds. The van der Waals surface area contributed by atoms with E-state index in [1.807, 2.05) is 12.1 Å². The molecule has 3 nitrogen and oxygen atoms in total. The van der Waals surface area contributed by atoms with E-state index in [1.165, 1.54) is 0 Å². The summed E-state index contributed by atoms with van der Waals surface area (Å²) in [6.45, 7) is 4.41. The van der Waals surface area contributed by atoms with E-state index in [0.717, 1.165) is 28.6 Å². The van der Waals surface area contributed by atoms with E-state index in [4.69, 9.17) is 15.2 Å². The molecule has 5 heteroatoms. The van der Waals surface area contributed by atoms with Crippen LogP contribution in [0.3, 0.4) is 0 Å². The van der Waals surface area contributed by atoms with Crippen LogP contribution in [0.15, 0.2) is 16.6 Å². The van der Waals surface area contributed by atoms with Gasteiger partial charge in [0.2, 0.25) is 0 Å². The summed E-state index contributed by atoms with van der Waals surface area (Å²) < 4.78 is 11.5. The molecule has 2 N–H and O–H groups in total. The standard InChI is InChI=1S/C14H22BrNO2.ClH/c1-9(2)5-6-12(16)10-7-13(17-3)14(18-4)8-11(10)15;/h7-9,12H,5-6,16H2,1-4H3;1H/t12-;/m0./s1. The number of hydrogen-bond donors (Lipinski definition) is 1. The molecule has 0 bridgehead atoms. The summed E-state index contributed by atoms with van der Waals surface area (Å²) in [6.07, 6.45) is 2.08. The Morgan fingerprint density at radius 2 is 1.63 bits per heavy atom. The van der Waals surface area contributed by atoms with E-state index < -0.39 is 0 Å². The summed E-state index contributed by atoms with van der Waals surface area (Å²) in [4.78, 5) is 0. The lowest BCUT2D eigenvalue weighted by atomic mass is 9.98. The normalized spacial score (nSPS) is 11.9. The smallest absolute Gasteiger partial charge is 0.161 e. The van der Waals surface area contributed by atoms with Crippen LogP contribution in [-0.4, -0.2) is 14.2 Å². The highest BCUT2D eigenvalue weighted by atomic mass is 79.9. The van der Waals surface area contributed by atoms with Gasteiger partial charge in [0.25, 0.3) is 0 Å². The molecule has 0 aliphatic rings. The van der Waals surface area contributed by atoms with Crippen LogP contribution in [0, 0.1) is 5.92 Å². The lowest BCUT2D eigenvalue weighted by molar-refractivity contribution is 0.353. The fourth-order valence-electron chi connectivity index (χ4n) is 1.82. The van der Waals surface area contributed by atoms with Crippen LogP contribution in [0.5, 0.6) is 11.5 Å². The van der Waals surface area contributed by atoms with Crippen molar-refractivity contribution < 1.29 is 9.47 Å². The number of ether oxygens (including phenoxy) is 2. The minimum absolute atomic E-state index is 0. The van der Waals surface area contributed by atoms with Crippen LogP contribution >= 0.6 is 28.3 Å². The molecule has 0 spiro atoms. The SMILES string of the molecule is COc1cc(Br)c([C@@H](N)CCC(C)C)cc1OC.Cl. The summed E-state index contributed by atoms with van der Waals surface area (Å²) in [5, 5.41) is 0. The fraction of sp³-hybridized carbons (Fsp3) is 0.571. The Hall–Kier alpha value is -0.450. The molecule has 19 heavy (non-hydrogen) atoms. The van der Waals surface area contributed by atoms with Gasteiger partial charge in [-0.3, -0.25) is 0 Å². The molecule has 1 aromatic carbocycles. The Kier molecular flexibility index (Phi) is 8.46. The van der Waals surface area contributed by atoms with Crippen molar-refractivity contribution in [3.05, 3.63) is 22.2 Å². The zero-order valence-electron chi connectivity index (χ0n) is 11.9. The zero-order valence-corrected chi connectivity index (χ0v) is 14.3. The van der Waals surface area contributed by atoms with Crippen molar-refractivity contribution in [1.82, 2.24) is 0 Å². The van der Waals surface area contributed by atoms with Crippen molar-refractivity contribution in [2.75, 3.05) is 14.2 Å². The molecule has 0 radical (unpaired) electrons. The minimum atomic E-state index is 0. The molecular formula is C14H23BrClNO2. The van der Waals surface area contributed by atoms with Gasteiger partial charge in [0, 0.05) is 10.5 Å². The maximum atomic E-state index is 6.23. The summed E-state index contributed by atoms with van der Waals surface area (Å²) in [6, 6.07) is 3.87. The van der Waals surface area contributed by atoms with Crippen LogP contribution in [0.4, 0.5) is 0 Å². The van der Waals surface area contributed by atoms with Gasteiger partial charge in [0.05, 0.1) is 14.2 Å². The van der Waals surface area contributed by atoms with Crippen molar-refractivity contribution >= 4 is 28.3 Å². The second kappa shape index (κ2) is 8.67. The molecule has 0 aliphatic heterocycles. The third kappa shape index (κ3) is 5.21. The molecule has 110 valence electrons. The van der Waals surface area contributed by atoms with Crippen molar-refractivity contribution in [2.45, 2.75) is 32.7 Å². The molecule has 0 aromatic heterocycles. The highest BCUT2D eigenvalue weighted by Gasteiger charge is 2.15. The minimum Gasteiger partial charge on any atom is -0.493 e. The fourth-order valence-corrected chi connectivity index (χ4v) is 2.44. The Labute approximate surface area is 130 Å². The number of methoxy groups -OCH3 is 2. The van der Waals surface area contributed by atoms with Crippen LogP contribution in [0.1, 0.15) is 38.3 Å². The molecule has 0 fully saturated rings. The van der Waals surface area contributed by atoms with Gasteiger partial charge in [-0.1, -0.05) is 29.8 Å². The topological polar surface area (TPSA) is 44.5 Å². The van der Waals surface area contributed by atoms with Gasteiger partial charge in [-0.25, -0.2) is 0 Å². The Morgan fingerprint density at radius 3 is 2.11 bits per heavy atom. The molecule has 0 unspecified atom stereocenters. The molecule has 0 aliphatic carbocycles. The predicted octanol–water partition coefficient (Wildman–Crippen LogP) is 4.32. The quantitative estimate of drug-likeness (QED) is 0.829. The largest absolute Gasteiger partial charge is 0.493 e. The van der Waals surface area contributed by atoms with Gasteiger partial charge in [0.15, 0.2) is 11.5 Å². The first-order valence-electron chi connectivity index (χ1n) is 6.16. The first-order valence-corrected chi connectivity index (χ1v) is 6.95. The summed E-state index contributed by atoms with van der Waals surface area (Å²) in [5.41, 5.74) is 7.30. The van der Waals surface area contributed by atoms with Gasteiger partial charge in [-0.15, -0.1) is 12.4 Å². The number of rotatable bonds is 6. The average Bonchev–Trinajstić information content (AvgIpc) is 2.35. The summed E-state index contributed by atoms with van der Waals surface area (Å²) in [7, 11) is 3.26. The maximum absolute atomic E-state index is 6.23. The van der Waals surface area contributed by atoms with E-state index in [-0.39, 0.29) is 18.4 Å². The van der Waals surface area contributed by atoms with Gasteiger partial charge in [-0.05, 0) is 36.5 Å². The van der Waals surface area contributed by atoms with Crippen LogP contribution in [0.2, 0.25) is 0 Å². The Morgan fingerprint density at radius 1 is 1.11 bits per heavy atom. The molecule has 0 heterocycles. The van der Waals surface area contributed by atoms with Gasteiger partial charge in [0.1, 0.15) is 0 Å². The third-order valence-electron chi connectivity index (χ3n) is 2.96. The highest BCUT2D eigenvalue weighted by Crippen LogP contribution is 2.36. The van der Waals surface area contributed by atoms with E-state index in [2.05, 4.69) is 29.8 Å². The Balaban J connectivity index is 0.00000324. The Bertz CT molecular complexity index is 399. The third-order valence-corrected chi connectivity index (χ3v) is 3.64. The molecule has 0 saturated heterocycles. The van der Waals surface area contributed by atoms with E-state index in [0.29, 0.717) is 11.7 Å². The number of hydrogen-bond acceptors (Lipinski definition) is 3. The molecule has 1 aromatic rings. The molecular weight excluding hydrogens is 330 g/mol. The second-order valence-electron chi connectivity index (χ2n) is 4.81. The van der Waals surface area contributed by atoms with E-state index in [1.54, 1.807) is 14.2 Å². The lowest BCUT2D eigenvalue weighted by Crippen LogP contribution is -2.12. The second-order valence-corrected chi connectivity index (χ2v) is 5.66. The van der Waals surface area contributed by atoms with Crippen molar-refractivity contribution in [2.24, 2.45) is 11.7 Å². The van der Waals surface area contributed by atoms with Crippen LogP contribution in [0.25, 0.3) is 0 Å². The lowest BCUT2D eigenvalue weighted by Gasteiger charge is -2.17. The van der Waals surface area contributed by atoms with Crippen LogP contribution < -0.4 is 15.2 Å². The number of halogens is 2. The monoisotopic (exact) mass is 351 g/mol.